The van der Waals surface area contributed by atoms with Crippen LogP contribution in [0.3, 0.4) is 0 Å². The Kier molecular flexibility index (Phi) is 3.33. The van der Waals surface area contributed by atoms with Crippen LogP contribution in [0.4, 0.5) is 0 Å². The third kappa shape index (κ3) is 2.23. The summed E-state index contributed by atoms with van der Waals surface area (Å²) in [5.41, 5.74) is 0. The highest BCUT2D eigenvalue weighted by Gasteiger charge is 2.21. The monoisotopic (exact) mass is 199 g/mol. The second-order valence-corrected chi connectivity index (χ2v) is 5.56. The van der Waals surface area contributed by atoms with Crippen LogP contribution in [0.2, 0.25) is 0 Å². The number of hydrogen-bond acceptors (Lipinski definition) is 1. The molecule has 0 amide bonds. The molecule has 1 heterocycles. The lowest BCUT2D eigenvalue weighted by atomic mass is 10.4. The molecule has 0 radical (unpaired) electrons. The molecule has 1 unspecified atom stereocenters. The largest absolute Gasteiger partial charge is 0.248 e. The minimum Gasteiger partial charge on any atom is -0.248 e. The molecule has 0 aromatic rings. The first-order valence-electron chi connectivity index (χ1n) is 4.53. The van der Waals surface area contributed by atoms with E-state index in [9.17, 15) is 4.21 Å². The highest BCUT2D eigenvalue weighted by atomic mass is 32.2. The van der Waals surface area contributed by atoms with E-state index >= 15 is 0 Å². The molecule has 13 heavy (non-hydrogen) atoms. The van der Waals surface area contributed by atoms with E-state index in [1.54, 1.807) is 6.08 Å². The molecule has 74 valence electrons. The van der Waals surface area contributed by atoms with Gasteiger partial charge in [-0.2, -0.15) is 0 Å². The van der Waals surface area contributed by atoms with Gasteiger partial charge in [-0.3, -0.25) is 0 Å². The van der Waals surface area contributed by atoms with Crippen molar-refractivity contribution in [2.24, 2.45) is 0 Å². The average molecular weight is 199 g/mol. The van der Waals surface area contributed by atoms with Gasteiger partial charge in [0.15, 0.2) is 0 Å². The molecule has 0 N–H and O–H groups in total. The van der Waals surface area contributed by atoms with Crippen molar-refractivity contribution in [1.29, 1.82) is 0 Å². The van der Waals surface area contributed by atoms with Crippen LogP contribution >= 0.6 is 0 Å². The van der Waals surface area contributed by atoms with Crippen LogP contribution < -0.4 is 0 Å². The summed E-state index contributed by atoms with van der Waals surface area (Å²) < 4.78 is 14.1. The van der Waals surface area contributed by atoms with Crippen LogP contribution in [0.15, 0.2) is 23.6 Å². The van der Waals surface area contributed by atoms with Gasteiger partial charge < -0.3 is 0 Å². The van der Waals surface area contributed by atoms with E-state index < -0.39 is 9.71 Å². The molecule has 1 aliphatic rings. The molecule has 1 rings (SSSR count). The maximum absolute atomic E-state index is 12.1. The van der Waals surface area contributed by atoms with Crippen molar-refractivity contribution in [1.82, 2.24) is 4.31 Å². The van der Waals surface area contributed by atoms with Gasteiger partial charge in [-0.25, -0.2) is 8.51 Å². The maximum atomic E-state index is 12.1. The normalized spacial score (nSPS) is 23.5. The quantitative estimate of drug-likeness (QED) is 0.501. The summed E-state index contributed by atoms with van der Waals surface area (Å²) in [6.45, 7) is 7.46. The number of hydrogen-bond donors (Lipinski definition) is 0. The Labute approximate surface area is 81.1 Å². The van der Waals surface area contributed by atoms with Gasteiger partial charge in [0.2, 0.25) is 0 Å². The van der Waals surface area contributed by atoms with E-state index in [2.05, 4.69) is 12.4 Å². The van der Waals surface area contributed by atoms with E-state index in [4.69, 9.17) is 0 Å². The Morgan fingerprint density at radius 1 is 1.46 bits per heavy atom. The summed E-state index contributed by atoms with van der Waals surface area (Å²) in [6.07, 6.45) is 5.88. The van der Waals surface area contributed by atoms with E-state index in [1.807, 2.05) is 17.3 Å². The molecule has 0 spiro atoms. The van der Waals surface area contributed by atoms with Gasteiger partial charge in [0.25, 0.3) is 0 Å². The lowest BCUT2D eigenvalue weighted by Crippen LogP contribution is -2.27. The lowest BCUT2D eigenvalue weighted by molar-refractivity contribution is 0.538. The number of allylic oxidation sites excluding steroid dienone is 2. The predicted molar refractivity (Wildman–Crippen MR) is 60.0 cm³/mol. The smallest absolute Gasteiger partial charge is 0.0552 e. The van der Waals surface area contributed by atoms with E-state index in [0.717, 1.165) is 25.9 Å². The Balaban J connectivity index is 2.81. The van der Waals surface area contributed by atoms with E-state index in [1.165, 1.54) is 0 Å². The minimum absolute atomic E-state index is 0.636. The summed E-state index contributed by atoms with van der Waals surface area (Å²) in [5, 5.41) is 0. The van der Waals surface area contributed by atoms with Gasteiger partial charge >= 0.3 is 0 Å². The summed E-state index contributed by atoms with van der Waals surface area (Å²) in [7, 11) is -2.25. The van der Waals surface area contributed by atoms with E-state index in [-0.39, 0.29) is 0 Å². The number of nitrogens with zero attached hydrogens (tertiary/aromatic N) is 1. The topological polar surface area (TPSA) is 20.3 Å². The van der Waals surface area contributed by atoms with Gasteiger partial charge in [0, 0.05) is 18.0 Å². The molecule has 1 aliphatic heterocycles. The van der Waals surface area contributed by atoms with Crippen molar-refractivity contribution in [3.8, 4) is 0 Å². The van der Waals surface area contributed by atoms with Gasteiger partial charge in [0.05, 0.1) is 9.71 Å². The summed E-state index contributed by atoms with van der Waals surface area (Å²) in [5.74, 6) is 3.77. The molecule has 1 atom stereocenters. The molecular formula is C10H17NOS. The lowest BCUT2D eigenvalue weighted by Gasteiger charge is -2.20. The van der Waals surface area contributed by atoms with Crippen LogP contribution in [0.1, 0.15) is 19.8 Å². The summed E-state index contributed by atoms with van der Waals surface area (Å²) in [6, 6.07) is 0. The fraction of sp³-hybridized carbons (Fsp3) is 0.500. The molecule has 1 saturated heterocycles. The molecule has 2 nitrogen and oxygen atoms in total. The molecule has 0 aromatic carbocycles. The maximum Gasteiger partial charge on any atom is 0.0552 e. The first-order chi connectivity index (χ1) is 6.09. The van der Waals surface area contributed by atoms with Gasteiger partial charge in [-0.05, 0) is 25.6 Å². The molecule has 0 bridgehead atoms. The van der Waals surface area contributed by atoms with Crippen LogP contribution in [-0.2, 0) is 9.71 Å². The molecule has 0 aromatic heterocycles. The molecular weight excluding hydrogens is 182 g/mol. The zero-order valence-corrected chi connectivity index (χ0v) is 8.98. The molecule has 0 aliphatic carbocycles. The van der Waals surface area contributed by atoms with Crippen molar-refractivity contribution in [2.45, 2.75) is 19.8 Å². The van der Waals surface area contributed by atoms with Crippen LogP contribution in [0.25, 0.3) is 0 Å². The highest BCUT2D eigenvalue weighted by Crippen LogP contribution is 2.18. The van der Waals surface area contributed by atoms with Gasteiger partial charge in [0.1, 0.15) is 0 Å². The predicted octanol–water partition coefficient (Wildman–Crippen LogP) is 1.80. The van der Waals surface area contributed by atoms with Crippen LogP contribution in [-0.4, -0.2) is 27.5 Å². The van der Waals surface area contributed by atoms with Crippen molar-refractivity contribution in [3.63, 3.8) is 0 Å². The Bertz CT molecular complexity index is 308. The second kappa shape index (κ2) is 4.11. The Hall–Kier alpha value is -0.540. The first kappa shape index (κ1) is 10.5. The summed E-state index contributed by atoms with van der Waals surface area (Å²) in [4.78, 5) is 0.636. The van der Waals surface area contributed by atoms with Crippen molar-refractivity contribution in [3.05, 3.63) is 23.6 Å². The van der Waals surface area contributed by atoms with E-state index in [0.29, 0.717) is 4.91 Å². The molecule has 1 fully saturated rings. The summed E-state index contributed by atoms with van der Waals surface area (Å²) >= 11 is 0. The second-order valence-electron chi connectivity index (χ2n) is 3.24. The highest BCUT2D eigenvalue weighted by molar-refractivity contribution is 8.01. The van der Waals surface area contributed by atoms with Crippen LogP contribution in [0, 0.1) is 0 Å². The molecule has 0 saturated carbocycles. The third-order valence-corrected chi connectivity index (χ3v) is 4.40. The van der Waals surface area contributed by atoms with Gasteiger partial charge in [-0.15, -0.1) is 0 Å². The fourth-order valence-electron chi connectivity index (χ4n) is 1.44. The van der Waals surface area contributed by atoms with Crippen molar-refractivity contribution in [2.75, 3.05) is 13.1 Å². The minimum atomic E-state index is -2.25. The SMILES string of the molecule is C=C(C=CC)S(=C)(=O)N1CCCC1. The zero-order valence-electron chi connectivity index (χ0n) is 8.16. The van der Waals surface area contributed by atoms with Crippen LogP contribution in [0.5, 0.6) is 0 Å². The Morgan fingerprint density at radius 3 is 2.46 bits per heavy atom. The third-order valence-electron chi connectivity index (χ3n) is 2.24. The average Bonchev–Trinajstić information content (AvgIpc) is 2.56. The van der Waals surface area contributed by atoms with Gasteiger partial charge in [-0.1, -0.05) is 18.7 Å². The first-order valence-corrected chi connectivity index (χ1v) is 6.21. The van der Waals surface area contributed by atoms with Crippen molar-refractivity contribution >= 4 is 15.6 Å². The Morgan fingerprint density at radius 2 is 2.00 bits per heavy atom. The van der Waals surface area contributed by atoms with Crippen molar-refractivity contribution < 1.29 is 4.21 Å². The standard InChI is InChI=1S/C10H17NOS/c1-4-7-10(2)13(3,12)11-8-5-6-9-11/h4,7H,2-3,5-6,8-9H2,1H3. The fourth-order valence-corrected chi connectivity index (χ4v) is 2.97. The zero-order chi connectivity index (χ0) is 9.90. The molecule has 3 heteroatoms. The number of rotatable bonds is 3.